The molecule has 0 aliphatic carbocycles. The lowest BCUT2D eigenvalue weighted by Crippen LogP contribution is -2.20. The van der Waals surface area contributed by atoms with Gasteiger partial charge in [-0.25, -0.2) is 9.18 Å². The summed E-state index contributed by atoms with van der Waals surface area (Å²) >= 11 is 28.7. The Morgan fingerprint density at radius 1 is 0.805 bits per heavy atom. The predicted octanol–water partition coefficient (Wildman–Crippen LogP) is 9.62. The van der Waals surface area contributed by atoms with E-state index in [9.17, 15) is 23.9 Å². The molecule has 0 fully saturated rings. The van der Waals surface area contributed by atoms with E-state index < -0.39 is 45.0 Å². The molecule has 0 spiro atoms. The molecule has 0 aromatic heterocycles. The van der Waals surface area contributed by atoms with Gasteiger partial charge in [-0.2, -0.15) is 0 Å². The highest BCUT2D eigenvalue weighted by Crippen LogP contribution is 2.42. The van der Waals surface area contributed by atoms with Gasteiger partial charge in [-0.3, -0.25) is 9.59 Å². The molecule has 1 atom stereocenters. The van der Waals surface area contributed by atoms with Gasteiger partial charge in [0.05, 0.1) is 36.9 Å². The van der Waals surface area contributed by atoms with E-state index in [4.69, 9.17) is 46.4 Å². The Hall–Kier alpha value is -2.79. The molecule has 3 N–H and O–H groups in total. The minimum atomic E-state index is -1.52. The number of halogens is 6. The van der Waals surface area contributed by atoms with Gasteiger partial charge < -0.3 is 15.7 Å². The maximum Gasteiger partial charge on any atom is 0.338 e. The van der Waals surface area contributed by atoms with E-state index in [1.54, 1.807) is 60.7 Å². The van der Waals surface area contributed by atoms with Crippen molar-refractivity contribution in [3.63, 3.8) is 0 Å². The Labute approximate surface area is 266 Å². The van der Waals surface area contributed by atoms with E-state index in [0.29, 0.717) is 14.9 Å². The van der Waals surface area contributed by atoms with Gasteiger partial charge in [0, 0.05) is 15.1 Å². The molecule has 0 aliphatic heterocycles. The summed E-state index contributed by atoms with van der Waals surface area (Å²) in [4.78, 5) is 39.0. The quantitative estimate of drug-likeness (QED) is 0.0959. The number of thioether (sulfide) groups is 1. The van der Waals surface area contributed by atoms with Crippen molar-refractivity contribution in [3.05, 3.63) is 120 Å². The van der Waals surface area contributed by atoms with Crippen molar-refractivity contribution in [2.75, 3.05) is 10.6 Å². The summed E-state index contributed by atoms with van der Waals surface area (Å²) in [7, 11) is 0. The maximum absolute atomic E-state index is 14.4. The van der Waals surface area contributed by atoms with Gasteiger partial charge in [0.15, 0.2) is 0 Å². The second-order valence-corrected chi connectivity index (χ2v) is 11.9. The SMILES string of the molecule is O=C(O)c1c(Cl)c(Cl)c(Cl)c(Cl)c1C(=O)Nc1cccc(SC(C(=O)Nc2ccc(Br)cc2F)c2ccccc2)c1. The summed E-state index contributed by atoms with van der Waals surface area (Å²) < 4.78 is 15.0. The van der Waals surface area contributed by atoms with Crippen molar-refractivity contribution in [2.24, 2.45) is 0 Å². The second-order valence-electron chi connectivity index (χ2n) is 8.32. The van der Waals surface area contributed by atoms with Crippen LogP contribution in [0.4, 0.5) is 15.8 Å². The van der Waals surface area contributed by atoms with Crippen LogP contribution >= 0.6 is 74.1 Å². The first-order valence-corrected chi connectivity index (χ1v) is 14.6. The van der Waals surface area contributed by atoms with E-state index in [0.717, 1.165) is 11.8 Å². The minimum Gasteiger partial charge on any atom is -0.478 e. The number of benzene rings is 4. The molecule has 0 radical (unpaired) electrons. The number of anilines is 2. The first-order valence-electron chi connectivity index (χ1n) is 11.5. The fraction of sp³-hybridized carbons (Fsp3) is 0.0357. The summed E-state index contributed by atoms with van der Waals surface area (Å²) in [6, 6.07) is 19.7. The number of amides is 2. The van der Waals surface area contributed by atoms with Gasteiger partial charge in [0.25, 0.3) is 5.91 Å². The first-order chi connectivity index (χ1) is 19.5. The molecular formula is C28H16BrCl4FN2O4S. The Kier molecular flexibility index (Phi) is 10.2. The molecule has 210 valence electrons. The number of carbonyl (C=O) groups is 3. The molecule has 0 bridgehead atoms. The van der Waals surface area contributed by atoms with Gasteiger partial charge in [0.1, 0.15) is 11.1 Å². The topological polar surface area (TPSA) is 95.5 Å². The third kappa shape index (κ3) is 7.17. The van der Waals surface area contributed by atoms with E-state index in [1.165, 1.54) is 12.1 Å². The fourth-order valence-electron chi connectivity index (χ4n) is 3.71. The highest BCUT2D eigenvalue weighted by Gasteiger charge is 2.29. The number of aromatic carboxylic acids is 1. The molecule has 0 aliphatic rings. The van der Waals surface area contributed by atoms with Crippen molar-refractivity contribution >= 4 is 103 Å². The van der Waals surface area contributed by atoms with Crippen molar-refractivity contribution in [1.82, 2.24) is 0 Å². The molecule has 0 saturated carbocycles. The number of hydrogen-bond donors (Lipinski definition) is 3. The molecule has 4 rings (SSSR count). The van der Waals surface area contributed by atoms with Crippen LogP contribution < -0.4 is 10.6 Å². The lowest BCUT2D eigenvalue weighted by Gasteiger charge is -2.18. The predicted molar refractivity (Wildman–Crippen MR) is 166 cm³/mol. The van der Waals surface area contributed by atoms with Crippen molar-refractivity contribution in [1.29, 1.82) is 0 Å². The zero-order valence-electron chi connectivity index (χ0n) is 20.4. The van der Waals surface area contributed by atoms with Gasteiger partial charge in [-0.15, -0.1) is 11.8 Å². The molecule has 6 nitrogen and oxygen atoms in total. The second kappa shape index (κ2) is 13.5. The van der Waals surface area contributed by atoms with Crippen LogP contribution in [0.2, 0.25) is 20.1 Å². The highest BCUT2D eigenvalue weighted by atomic mass is 79.9. The molecule has 0 saturated heterocycles. The van der Waals surface area contributed by atoms with Crippen LogP contribution in [0.15, 0.2) is 82.2 Å². The Morgan fingerprint density at radius 3 is 2.10 bits per heavy atom. The van der Waals surface area contributed by atoms with Gasteiger partial charge >= 0.3 is 5.97 Å². The average molecular weight is 717 g/mol. The summed E-state index contributed by atoms with van der Waals surface area (Å²) in [5, 5.41) is 12.7. The largest absolute Gasteiger partial charge is 0.478 e. The van der Waals surface area contributed by atoms with Crippen LogP contribution in [-0.2, 0) is 4.79 Å². The normalized spacial score (nSPS) is 11.6. The maximum atomic E-state index is 14.4. The van der Waals surface area contributed by atoms with E-state index >= 15 is 0 Å². The Morgan fingerprint density at radius 2 is 1.46 bits per heavy atom. The molecule has 2 amide bonds. The van der Waals surface area contributed by atoms with Crippen LogP contribution in [0.5, 0.6) is 0 Å². The van der Waals surface area contributed by atoms with Crippen molar-refractivity contribution < 1.29 is 23.9 Å². The lowest BCUT2D eigenvalue weighted by molar-refractivity contribution is -0.115. The zero-order chi connectivity index (χ0) is 29.8. The molecule has 13 heteroatoms. The Balaban J connectivity index is 1.63. The number of rotatable bonds is 8. The lowest BCUT2D eigenvalue weighted by atomic mass is 10.1. The van der Waals surface area contributed by atoms with Crippen LogP contribution in [0.25, 0.3) is 0 Å². The summed E-state index contributed by atoms with van der Waals surface area (Å²) in [5.74, 6) is -3.49. The molecule has 0 heterocycles. The molecular weight excluding hydrogens is 701 g/mol. The number of nitrogens with one attached hydrogen (secondary N) is 2. The summed E-state index contributed by atoms with van der Waals surface area (Å²) in [6.45, 7) is 0. The van der Waals surface area contributed by atoms with Gasteiger partial charge in [-0.1, -0.05) is 98.7 Å². The standard InChI is InChI=1S/C28H16BrCl4FN2O4S/c29-14-9-10-18(17(34)11-14)36-27(38)25(13-5-2-1-3-6-13)41-16-8-4-7-15(12-16)35-26(37)19-20(28(39)40)22(31)24(33)23(32)21(19)30/h1-12,25H,(H,35,37)(H,36,38)(H,39,40). The average Bonchev–Trinajstić information content (AvgIpc) is 2.94. The molecule has 1 unspecified atom stereocenters. The van der Waals surface area contributed by atoms with Crippen LogP contribution in [0.3, 0.4) is 0 Å². The third-order valence-corrected chi connectivity index (χ3v) is 9.13. The summed E-state index contributed by atoms with van der Waals surface area (Å²) in [5.41, 5.74) is -0.122. The number of carboxylic acid groups (broad SMARTS) is 1. The zero-order valence-corrected chi connectivity index (χ0v) is 25.8. The minimum absolute atomic E-state index is 0.0205. The third-order valence-electron chi connectivity index (χ3n) is 5.58. The monoisotopic (exact) mass is 714 g/mol. The smallest absolute Gasteiger partial charge is 0.338 e. The molecule has 4 aromatic rings. The number of carboxylic acids is 1. The van der Waals surface area contributed by atoms with Crippen molar-refractivity contribution in [3.8, 4) is 0 Å². The van der Waals surface area contributed by atoms with Crippen molar-refractivity contribution in [2.45, 2.75) is 10.1 Å². The van der Waals surface area contributed by atoms with Gasteiger partial charge in [-0.05, 0) is 42.0 Å². The first kappa shape index (κ1) is 31.2. The fourth-order valence-corrected chi connectivity index (χ4v) is 6.15. The Bertz CT molecular complexity index is 1680. The van der Waals surface area contributed by atoms with Crippen LogP contribution in [0, 0.1) is 5.82 Å². The van der Waals surface area contributed by atoms with Crippen LogP contribution in [0.1, 0.15) is 31.5 Å². The summed E-state index contributed by atoms with van der Waals surface area (Å²) in [6.07, 6.45) is 0. The van der Waals surface area contributed by atoms with E-state index in [2.05, 4.69) is 26.6 Å². The highest BCUT2D eigenvalue weighted by molar-refractivity contribution is 9.10. The van der Waals surface area contributed by atoms with E-state index in [1.807, 2.05) is 0 Å². The molecule has 41 heavy (non-hydrogen) atoms. The molecule has 4 aromatic carbocycles. The number of carbonyl (C=O) groups excluding carboxylic acids is 2. The van der Waals surface area contributed by atoms with E-state index in [-0.39, 0.29) is 26.4 Å². The van der Waals surface area contributed by atoms with Crippen LogP contribution in [-0.4, -0.2) is 22.9 Å². The number of hydrogen-bond acceptors (Lipinski definition) is 4. The van der Waals surface area contributed by atoms with Gasteiger partial charge in [0.2, 0.25) is 5.91 Å².